The molecule has 0 spiro atoms. The van der Waals surface area contributed by atoms with Gasteiger partial charge in [-0.1, -0.05) is 28.4 Å². The minimum atomic E-state index is -3.64. The van der Waals surface area contributed by atoms with Crippen molar-refractivity contribution in [2.24, 2.45) is 0 Å². The van der Waals surface area contributed by atoms with Gasteiger partial charge in [-0.05, 0) is 44.9 Å². The fraction of sp³-hybridized carbons (Fsp3) is 0.412. The van der Waals surface area contributed by atoms with Gasteiger partial charge in [-0.25, -0.2) is 8.42 Å². The molecule has 0 radical (unpaired) electrons. The van der Waals surface area contributed by atoms with Crippen LogP contribution in [0, 0.1) is 13.8 Å². The summed E-state index contributed by atoms with van der Waals surface area (Å²) < 4.78 is 29.5. The molecular weight excluding hydrogens is 406 g/mol. The summed E-state index contributed by atoms with van der Waals surface area (Å²) in [5, 5.41) is 4.22. The highest BCUT2D eigenvalue weighted by molar-refractivity contribution is 9.10. The number of piperidine rings is 1. The summed E-state index contributed by atoms with van der Waals surface area (Å²) in [6, 6.07) is 6.96. The average Bonchev–Trinajstić information content (AvgIpc) is 2.90. The fourth-order valence-electron chi connectivity index (χ4n) is 3.18. The Labute approximate surface area is 156 Å². The maximum absolute atomic E-state index is 13.0. The maximum atomic E-state index is 13.0. The van der Waals surface area contributed by atoms with Crippen LogP contribution < -0.4 is 0 Å². The number of nitrogens with zero attached hydrogens (tertiary/aromatic N) is 3. The van der Waals surface area contributed by atoms with E-state index in [1.165, 1.54) is 8.99 Å². The summed E-state index contributed by atoms with van der Waals surface area (Å²) in [4.78, 5) is 12.9. The SMILES string of the molecule is Cc1nn(C(=O)c2cccc(Br)c2)c(C)c1S(=O)(=O)N1CCCCC1. The summed E-state index contributed by atoms with van der Waals surface area (Å²) in [7, 11) is -3.64. The van der Waals surface area contributed by atoms with Crippen molar-refractivity contribution in [3.63, 3.8) is 0 Å². The maximum Gasteiger partial charge on any atom is 0.278 e. The summed E-state index contributed by atoms with van der Waals surface area (Å²) in [6.45, 7) is 4.30. The van der Waals surface area contributed by atoms with Gasteiger partial charge < -0.3 is 0 Å². The van der Waals surface area contributed by atoms with E-state index in [9.17, 15) is 13.2 Å². The molecule has 0 bridgehead atoms. The predicted molar refractivity (Wildman–Crippen MR) is 98.2 cm³/mol. The first-order valence-electron chi connectivity index (χ1n) is 8.19. The molecule has 1 aliphatic rings. The standard InChI is InChI=1S/C17H20BrN3O3S/c1-12-16(25(23,24)20-9-4-3-5-10-20)13(2)21(19-12)17(22)14-7-6-8-15(18)11-14/h6-8,11H,3-5,9-10H2,1-2H3. The molecular formula is C17H20BrN3O3S. The quantitative estimate of drug-likeness (QED) is 0.756. The monoisotopic (exact) mass is 425 g/mol. The van der Waals surface area contributed by atoms with E-state index in [4.69, 9.17) is 0 Å². The summed E-state index contributed by atoms with van der Waals surface area (Å²) in [5.41, 5.74) is 1.15. The van der Waals surface area contributed by atoms with E-state index in [1.54, 1.807) is 32.0 Å². The molecule has 2 aromatic rings. The highest BCUT2D eigenvalue weighted by atomic mass is 79.9. The molecule has 0 saturated carbocycles. The molecule has 6 nitrogen and oxygen atoms in total. The Kier molecular flexibility index (Phi) is 5.13. The van der Waals surface area contributed by atoms with Crippen molar-refractivity contribution in [1.82, 2.24) is 14.1 Å². The highest BCUT2D eigenvalue weighted by Gasteiger charge is 2.32. The van der Waals surface area contributed by atoms with E-state index in [-0.39, 0.29) is 10.8 Å². The van der Waals surface area contributed by atoms with Crippen molar-refractivity contribution in [3.05, 3.63) is 45.7 Å². The molecule has 1 aromatic carbocycles. The summed E-state index contributed by atoms with van der Waals surface area (Å²) in [5.74, 6) is -0.345. The molecule has 134 valence electrons. The van der Waals surface area contributed by atoms with Gasteiger partial charge in [0.25, 0.3) is 5.91 Å². The largest absolute Gasteiger partial charge is 0.278 e. The molecule has 1 aromatic heterocycles. The summed E-state index contributed by atoms with van der Waals surface area (Å²) >= 11 is 3.34. The zero-order chi connectivity index (χ0) is 18.2. The molecule has 8 heteroatoms. The van der Waals surface area contributed by atoms with Crippen molar-refractivity contribution < 1.29 is 13.2 Å². The van der Waals surface area contributed by atoms with Crippen molar-refractivity contribution in [3.8, 4) is 0 Å². The third-order valence-electron chi connectivity index (χ3n) is 4.40. The van der Waals surface area contributed by atoms with Gasteiger partial charge in [0.2, 0.25) is 10.0 Å². The van der Waals surface area contributed by atoms with Gasteiger partial charge in [-0.2, -0.15) is 14.1 Å². The van der Waals surface area contributed by atoms with Gasteiger partial charge in [-0.15, -0.1) is 0 Å². The number of sulfonamides is 1. The van der Waals surface area contributed by atoms with Crippen molar-refractivity contribution >= 4 is 31.9 Å². The normalized spacial score (nSPS) is 16.1. The van der Waals surface area contributed by atoms with Crippen LogP contribution >= 0.6 is 15.9 Å². The van der Waals surface area contributed by atoms with Crippen molar-refractivity contribution in [2.45, 2.75) is 38.0 Å². The van der Waals surface area contributed by atoms with Gasteiger partial charge in [-0.3, -0.25) is 4.79 Å². The van der Waals surface area contributed by atoms with E-state index < -0.39 is 10.0 Å². The predicted octanol–water partition coefficient (Wildman–Crippen LogP) is 3.13. The molecule has 1 saturated heterocycles. The third-order valence-corrected chi connectivity index (χ3v) is 7.05. The van der Waals surface area contributed by atoms with Crippen molar-refractivity contribution in [2.75, 3.05) is 13.1 Å². The average molecular weight is 426 g/mol. The molecule has 1 fully saturated rings. The highest BCUT2D eigenvalue weighted by Crippen LogP contribution is 2.26. The number of hydrogen-bond donors (Lipinski definition) is 0. The second-order valence-corrected chi connectivity index (χ2v) is 8.98. The topological polar surface area (TPSA) is 72.3 Å². The van der Waals surface area contributed by atoms with Crippen LogP contribution in [0.5, 0.6) is 0 Å². The number of carbonyl (C=O) groups is 1. The Morgan fingerprint density at radius 3 is 2.48 bits per heavy atom. The van der Waals surface area contributed by atoms with Crippen molar-refractivity contribution in [1.29, 1.82) is 0 Å². The molecule has 0 unspecified atom stereocenters. The van der Waals surface area contributed by atoms with Crippen LogP contribution in [0.4, 0.5) is 0 Å². The van der Waals surface area contributed by atoms with Crippen LogP contribution in [0.15, 0.2) is 33.6 Å². The van der Waals surface area contributed by atoms with E-state index in [1.807, 2.05) is 6.07 Å². The van der Waals surface area contributed by atoms with Crippen LogP contribution in [-0.4, -0.2) is 41.5 Å². The number of benzene rings is 1. The zero-order valence-corrected chi connectivity index (χ0v) is 16.6. The Hall–Kier alpha value is -1.51. The minimum Gasteiger partial charge on any atom is -0.267 e. The molecule has 0 aliphatic carbocycles. The lowest BCUT2D eigenvalue weighted by molar-refractivity contribution is 0.0942. The molecule has 0 atom stereocenters. The first kappa shape index (κ1) is 18.3. The number of hydrogen-bond acceptors (Lipinski definition) is 4. The third kappa shape index (κ3) is 3.43. The molecule has 25 heavy (non-hydrogen) atoms. The number of aryl methyl sites for hydroxylation is 1. The molecule has 1 aliphatic heterocycles. The lowest BCUT2D eigenvalue weighted by Crippen LogP contribution is -2.36. The second-order valence-electron chi connectivity index (χ2n) is 6.19. The van der Waals surface area contributed by atoms with Gasteiger partial charge >= 0.3 is 0 Å². The van der Waals surface area contributed by atoms with E-state index in [0.717, 1.165) is 23.7 Å². The first-order chi connectivity index (χ1) is 11.8. The Morgan fingerprint density at radius 1 is 1.16 bits per heavy atom. The van der Waals surface area contributed by atoms with Crippen LogP contribution in [0.2, 0.25) is 0 Å². The van der Waals surface area contributed by atoms with Crippen LogP contribution in [0.25, 0.3) is 0 Å². The van der Waals surface area contributed by atoms with Gasteiger partial charge in [0.15, 0.2) is 0 Å². The summed E-state index contributed by atoms with van der Waals surface area (Å²) in [6.07, 6.45) is 2.77. The zero-order valence-electron chi connectivity index (χ0n) is 14.2. The van der Waals surface area contributed by atoms with Crippen LogP contribution in [-0.2, 0) is 10.0 Å². The van der Waals surface area contributed by atoms with E-state index in [2.05, 4.69) is 21.0 Å². The Bertz CT molecular complexity index is 915. The lowest BCUT2D eigenvalue weighted by atomic mass is 10.2. The van der Waals surface area contributed by atoms with Gasteiger partial charge in [0, 0.05) is 23.1 Å². The molecule has 0 amide bonds. The number of carbonyl (C=O) groups excluding carboxylic acids is 1. The van der Waals surface area contributed by atoms with Gasteiger partial charge in [0.1, 0.15) is 4.90 Å². The smallest absolute Gasteiger partial charge is 0.267 e. The Balaban J connectivity index is 2.02. The number of aromatic nitrogens is 2. The van der Waals surface area contributed by atoms with Crippen LogP contribution in [0.1, 0.15) is 41.0 Å². The van der Waals surface area contributed by atoms with Gasteiger partial charge in [0.05, 0.1) is 11.4 Å². The second kappa shape index (κ2) is 7.01. The minimum absolute atomic E-state index is 0.151. The lowest BCUT2D eigenvalue weighted by Gasteiger charge is -2.25. The Morgan fingerprint density at radius 2 is 1.84 bits per heavy atom. The first-order valence-corrected chi connectivity index (χ1v) is 10.4. The number of rotatable bonds is 3. The number of halogens is 1. The van der Waals surface area contributed by atoms with Crippen LogP contribution in [0.3, 0.4) is 0 Å². The fourth-order valence-corrected chi connectivity index (χ4v) is 5.45. The van der Waals surface area contributed by atoms with E-state index in [0.29, 0.717) is 30.0 Å². The molecule has 2 heterocycles. The van der Waals surface area contributed by atoms with E-state index >= 15 is 0 Å². The molecule has 3 rings (SSSR count). The molecule has 0 N–H and O–H groups in total.